The molecule has 0 unspecified atom stereocenters. The van der Waals surface area contributed by atoms with E-state index in [0.29, 0.717) is 13.1 Å². The van der Waals surface area contributed by atoms with E-state index in [0.717, 1.165) is 59.8 Å². The Labute approximate surface area is 305 Å². The Morgan fingerprint density at radius 3 is 1.71 bits per heavy atom. The third-order valence-electron chi connectivity index (χ3n) is 9.91. The van der Waals surface area contributed by atoms with E-state index in [1.807, 2.05) is 81.2 Å². The number of ether oxygens (including phenoxy) is 2. The number of esters is 1. The summed E-state index contributed by atoms with van der Waals surface area (Å²) >= 11 is 0. The molecule has 0 saturated carbocycles. The molecule has 0 spiro atoms. The van der Waals surface area contributed by atoms with Gasteiger partial charge in [-0.3, -0.25) is 14.4 Å². The molecule has 0 bridgehead atoms. The van der Waals surface area contributed by atoms with Gasteiger partial charge in [0.15, 0.2) is 0 Å². The van der Waals surface area contributed by atoms with E-state index in [2.05, 4.69) is 25.3 Å². The van der Waals surface area contributed by atoms with Crippen LogP contribution in [0.5, 0.6) is 0 Å². The van der Waals surface area contributed by atoms with Gasteiger partial charge in [-0.25, -0.2) is 14.8 Å². The topological polar surface area (TPSA) is 163 Å². The number of nitrogens with zero attached hydrogens (tertiary/aromatic N) is 4. The number of H-pyrrole nitrogens is 2. The van der Waals surface area contributed by atoms with Gasteiger partial charge < -0.3 is 34.6 Å². The quantitative estimate of drug-likeness (QED) is 0.181. The first-order valence-electron chi connectivity index (χ1n) is 18.1. The number of aromatic amines is 2. The fourth-order valence-corrected chi connectivity index (χ4v) is 6.89. The van der Waals surface area contributed by atoms with Gasteiger partial charge in [0.25, 0.3) is 0 Å². The number of aromatic nitrogens is 4. The Kier molecular flexibility index (Phi) is 12.7. The van der Waals surface area contributed by atoms with E-state index < -0.39 is 18.1 Å². The summed E-state index contributed by atoms with van der Waals surface area (Å²) in [6, 6.07) is 7.11. The lowest BCUT2D eigenvalue weighted by Gasteiger charge is -2.29. The number of benzene rings is 1. The fraction of sp³-hybridized carbons (Fsp3) is 0.487. The molecular weight excluding hydrogens is 662 g/mol. The molecule has 52 heavy (non-hydrogen) atoms. The molecule has 4 atom stereocenters. The van der Waals surface area contributed by atoms with E-state index >= 15 is 0 Å². The van der Waals surface area contributed by atoms with Crippen LogP contribution in [0.25, 0.3) is 24.3 Å². The molecule has 0 aliphatic carbocycles. The van der Waals surface area contributed by atoms with Crippen LogP contribution in [0, 0.1) is 17.8 Å². The van der Waals surface area contributed by atoms with Gasteiger partial charge in [0.05, 0.1) is 62.4 Å². The van der Waals surface area contributed by atoms with Gasteiger partial charge in [0.2, 0.25) is 11.8 Å². The van der Waals surface area contributed by atoms with Gasteiger partial charge >= 0.3 is 12.1 Å². The monoisotopic (exact) mass is 713 g/mol. The van der Waals surface area contributed by atoms with Gasteiger partial charge in [0, 0.05) is 13.1 Å². The second kappa shape index (κ2) is 17.3. The van der Waals surface area contributed by atoms with Gasteiger partial charge in [-0.05, 0) is 60.8 Å². The highest BCUT2D eigenvalue weighted by atomic mass is 16.5. The fourth-order valence-electron chi connectivity index (χ4n) is 6.89. The molecule has 3 amide bonds. The Hall–Kier alpha value is -5.20. The summed E-state index contributed by atoms with van der Waals surface area (Å²) in [5.74, 6) is 0.405. The molecule has 2 saturated heterocycles. The molecule has 3 aromatic rings. The van der Waals surface area contributed by atoms with Crippen LogP contribution in [-0.4, -0.2) is 87.0 Å². The summed E-state index contributed by atoms with van der Waals surface area (Å²) in [6.45, 7) is 8.94. The molecule has 2 aromatic heterocycles. The lowest BCUT2D eigenvalue weighted by molar-refractivity contribution is -0.148. The molecule has 2 aliphatic heterocycles. The zero-order valence-corrected chi connectivity index (χ0v) is 30.9. The van der Waals surface area contributed by atoms with Crippen molar-refractivity contribution in [3.63, 3.8) is 0 Å². The number of likely N-dealkylation sites (tertiary alicyclic amines) is 2. The van der Waals surface area contributed by atoms with Crippen molar-refractivity contribution in [3.8, 4) is 0 Å². The molecule has 5 rings (SSSR count). The smallest absolute Gasteiger partial charge is 0.407 e. The third kappa shape index (κ3) is 9.17. The molecular formula is C39H51N7O6. The highest BCUT2D eigenvalue weighted by molar-refractivity contribution is 5.86. The first-order chi connectivity index (χ1) is 25.0. The van der Waals surface area contributed by atoms with Crippen molar-refractivity contribution < 1.29 is 28.7 Å². The van der Waals surface area contributed by atoms with Crippen molar-refractivity contribution in [1.29, 1.82) is 0 Å². The summed E-state index contributed by atoms with van der Waals surface area (Å²) in [6.07, 6.45) is 14.3. The van der Waals surface area contributed by atoms with E-state index in [9.17, 15) is 19.2 Å². The zero-order chi connectivity index (χ0) is 37.4. The Balaban J connectivity index is 1.18. The lowest BCUT2D eigenvalue weighted by atomic mass is 9.91. The maximum absolute atomic E-state index is 13.5. The first-order valence-corrected chi connectivity index (χ1v) is 18.1. The van der Waals surface area contributed by atoms with Crippen molar-refractivity contribution in [2.24, 2.45) is 17.8 Å². The highest BCUT2D eigenvalue weighted by Gasteiger charge is 2.38. The molecule has 13 nitrogen and oxygen atoms in total. The number of nitrogens with one attached hydrogen (secondary N) is 3. The summed E-state index contributed by atoms with van der Waals surface area (Å²) < 4.78 is 9.57. The average Bonchev–Trinajstić information content (AvgIpc) is 3.97. The Bertz CT molecular complexity index is 1630. The maximum Gasteiger partial charge on any atom is 0.407 e. The summed E-state index contributed by atoms with van der Waals surface area (Å²) in [5, 5.41) is 2.68. The molecule has 13 heteroatoms. The molecule has 1 aromatic carbocycles. The number of alkyl carbamates (subject to hydrolysis) is 1. The standard InChI is InChI=1S/C39H51N7O6/c1-24(2)30(21-33(47)51-5)37(48)45-19-7-9-31(45)35-40-22-28(42-35)17-15-26-11-13-27(14-12-26)16-18-29-23-41-36(43-29)32-10-8-20-46(32)38(49)34(25(3)4)44-39(50)52-6/h11-18,22-25,30-32,34H,7-10,19-21H2,1-6H3,(H,40,42)(H,41,43)(H,44,50)/b17-15+,18-16+/t30-,31-,32-,34-/m0/s1. The first kappa shape index (κ1) is 38.0. The average molecular weight is 714 g/mol. The van der Waals surface area contributed by atoms with Crippen LogP contribution in [0.15, 0.2) is 36.7 Å². The Morgan fingerprint density at radius 1 is 0.769 bits per heavy atom. The molecule has 4 heterocycles. The third-order valence-corrected chi connectivity index (χ3v) is 9.91. The maximum atomic E-state index is 13.5. The number of hydrogen-bond donors (Lipinski definition) is 3. The van der Waals surface area contributed by atoms with E-state index in [4.69, 9.17) is 9.47 Å². The van der Waals surface area contributed by atoms with Crippen molar-refractivity contribution in [3.05, 3.63) is 70.8 Å². The SMILES string of the molecule is COC(=O)C[C@H](C(=O)N1CCC[C@H]1c1ncc(/C=C/c2ccc(/C=C/c3cnc([C@@H]4CCCN4C(=O)[C@@H](NC(=O)OC)C(C)C)[nH]3)cc2)[nH]1)C(C)C. The largest absolute Gasteiger partial charge is 0.469 e. The van der Waals surface area contributed by atoms with Crippen molar-refractivity contribution in [1.82, 2.24) is 35.1 Å². The molecule has 0 radical (unpaired) electrons. The van der Waals surface area contributed by atoms with Crippen molar-refractivity contribution in [2.75, 3.05) is 27.3 Å². The minimum absolute atomic E-state index is 0.0117. The van der Waals surface area contributed by atoms with Crippen molar-refractivity contribution >= 4 is 48.2 Å². The highest BCUT2D eigenvalue weighted by Crippen LogP contribution is 2.34. The van der Waals surface area contributed by atoms with Crippen LogP contribution in [0.2, 0.25) is 0 Å². The predicted molar refractivity (Wildman–Crippen MR) is 198 cm³/mol. The summed E-state index contributed by atoms with van der Waals surface area (Å²) in [5.41, 5.74) is 3.70. The summed E-state index contributed by atoms with van der Waals surface area (Å²) in [7, 11) is 2.63. The molecule has 2 fully saturated rings. The van der Waals surface area contributed by atoms with Gasteiger partial charge in [-0.2, -0.15) is 0 Å². The second-order valence-electron chi connectivity index (χ2n) is 14.1. The lowest BCUT2D eigenvalue weighted by Crippen LogP contribution is -2.51. The number of methoxy groups -OCH3 is 2. The minimum atomic E-state index is -0.679. The van der Waals surface area contributed by atoms with Crippen molar-refractivity contribution in [2.45, 2.75) is 77.9 Å². The molecule has 278 valence electrons. The number of rotatable bonds is 13. The van der Waals surface area contributed by atoms with Gasteiger partial charge in [-0.15, -0.1) is 0 Å². The summed E-state index contributed by atoms with van der Waals surface area (Å²) in [4.78, 5) is 70.4. The zero-order valence-electron chi connectivity index (χ0n) is 30.9. The van der Waals surface area contributed by atoms with E-state index in [1.54, 1.807) is 17.3 Å². The Morgan fingerprint density at radius 2 is 1.27 bits per heavy atom. The number of hydrogen-bond acceptors (Lipinski definition) is 8. The molecule has 3 N–H and O–H groups in total. The van der Waals surface area contributed by atoms with E-state index in [-0.39, 0.29) is 48.1 Å². The second-order valence-corrected chi connectivity index (χ2v) is 14.1. The van der Waals surface area contributed by atoms with Crippen LogP contribution in [-0.2, 0) is 23.9 Å². The normalized spacial score (nSPS) is 18.8. The molecule has 2 aliphatic rings. The van der Waals surface area contributed by atoms with Crippen LogP contribution >= 0.6 is 0 Å². The van der Waals surface area contributed by atoms with Gasteiger partial charge in [0.1, 0.15) is 17.7 Å². The number of imidazole rings is 2. The van der Waals surface area contributed by atoms with Crippen LogP contribution in [0.1, 0.15) is 106 Å². The van der Waals surface area contributed by atoms with Crippen LogP contribution in [0.4, 0.5) is 4.79 Å². The number of amides is 3. The number of carbonyl (C=O) groups is 4. The minimum Gasteiger partial charge on any atom is -0.469 e. The van der Waals surface area contributed by atoms with Crippen LogP contribution in [0.3, 0.4) is 0 Å². The van der Waals surface area contributed by atoms with E-state index in [1.165, 1.54) is 14.2 Å². The van der Waals surface area contributed by atoms with Gasteiger partial charge in [-0.1, -0.05) is 64.1 Å². The number of carbonyl (C=O) groups excluding carboxylic acids is 4. The van der Waals surface area contributed by atoms with Crippen LogP contribution < -0.4 is 5.32 Å². The predicted octanol–water partition coefficient (Wildman–Crippen LogP) is 6.02.